The average Bonchev–Trinajstić information content (AvgIpc) is 2.81. The fourth-order valence-electron chi connectivity index (χ4n) is 1.63. The van der Waals surface area contributed by atoms with E-state index in [1.807, 2.05) is 65.3 Å². The fraction of sp³-hybridized carbons (Fsp3) is 0. The molecule has 1 aromatic carbocycles. The Morgan fingerprint density at radius 1 is 0.850 bits per heavy atom. The zero-order chi connectivity index (χ0) is 14.6. The van der Waals surface area contributed by atoms with E-state index in [0.29, 0.717) is 0 Å². The Hall–Kier alpha value is -1.96. The largest absolute Gasteiger partial charge is 0.398 e. The Balaban J connectivity index is 0.000000257. The van der Waals surface area contributed by atoms with Gasteiger partial charge in [0.05, 0.1) is 6.07 Å². The summed E-state index contributed by atoms with van der Waals surface area (Å²) in [7, 11) is -4.94. The van der Waals surface area contributed by atoms with E-state index >= 15 is 0 Å². The van der Waals surface area contributed by atoms with Crippen LogP contribution in [-0.2, 0) is 0 Å². The maximum Gasteiger partial charge on any atom is 0.379 e. The van der Waals surface area contributed by atoms with Crippen LogP contribution in [-0.4, -0.2) is 0 Å². The van der Waals surface area contributed by atoms with Crippen LogP contribution < -0.4 is 23.0 Å². The van der Waals surface area contributed by atoms with Crippen molar-refractivity contribution in [1.29, 1.82) is 0 Å². The molecule has 0 aliphatic heterocycles. The van der Waals surface area contributed by atoms with Crippen molar-refractivity contribution in [2.75, 3.05) is 0 Å². The van der Waals surface area contributed by atoms with Crippen LogP contribution in [0.25, 0.3) is 17.0 Å². The summed E-state index contributed by atoms with van der Waals surface area (Å²) >= 11 is 0. The Morgan fingerprint density at radius 2 is 1.45 bits per heavy atom. The molecule has 0 aliphatic carbocycles. The van der Waals surface area contributed by atoms with Crippen molar-refractivity contribution in [3.8, 4) is 11.3 Å². The molecule has 0 saturated heterocycles. The van der Waals surface area contributed by atoms with Gasteiger partial charge in [0.2, 0.25) is 12.0 Å². The van der Waals surface area contributed by atoms with Gasteiger partial charge in [-0.2, -0.15) is 0 Å². The van der Waals surface area contributed by atoms with Crippen LogP contribution in [0.3, 0.4) is 0 Å². The predicted molar refractivity (Wildman–Crippen MR) is 57.3 cm³/mol. The van der Waals surface area contributed by atoms with E-state index in [4.69, 9.17) is 23.1 Å². The Bertz CT molecular complexity index is 639. The van der Waals surface area contributed by atoms with Gasteiger partial charge in [0, 0.05) is 11.6 Å². The van der Waals surface area contributed by atoms with Gasteiger partial charge in [0.1, 0.15) is 0 Å². The van der Waals surface area contributed by atoms with Crippen molar-refractivity contribution in [1.82, 2.24) is 0 Å². The summed E-state index contributed by atoms with van der Waals surface area (Å²) in [5.74, 6) is 0.891. The fourth-order valence-corrected chi connectivity index (χ4v) is 1.63. The normalized spacial score (nSPS) is 11.0. The molecule has 2 heterocycles. The first-order chi connectivity index (χ1) is 9.43. The molecule has 0 saturated carbocycles. The third kappa shape index (κ3) is 4.30. The molecule has 0 atom stereocenters. The van der Waals surface area contributed by atoms with Gasteiger partial charge < -0.3 is 4.42 Å². The second-order valence-corrected chi connectivity index (χ2v) is 4.54. The number of rotatable bonds is 1. The summed E-state index contributed by atoms with van der Waals surface area (Å²) in [5.41, 5.74) is 1.96. The van der Waals surface area contributed by atoms with Crippen molar-refractivity contribution in [3.05, 3.63) is 60.9 Å². The summed E-state index contributed by atoms with van der Waals surface area (Å²) in [6.07, 6.45) is 3.97. The molecule has 3 aromatic rings. The highest BCUT2D eigenvalue weighted by molar-refractivity contribution is 5.56. The lowest BCUT2D eigenvalue weighted by molar-refractivity contribution is -2.00. The molecule has 6 nitrogen and oxygen atoms in total. The summed E-state index contributed by atoms with van der Waals surface area (Å²) in [5, 5.41) is 0. The van der Waals surface area contributed by atoms with Crippen LogP contribution in [0.4, 0.5) is 0 Å². The number of nitrogens with zero attached hydrogens (tertiary/aromatic N) is 1. The van der Waals surface area contributed by atoms with Gasteiger partial charge in [-0.3, -0.25) is 0 Å². The summed E-state index contributed by atoms with van der Waals surface area (Å²) in [6, 6.07) is 16.0. The first kappa shape index (κ1) is 14.4. The first-order valence-corrected chi connectivity index (χ1v) is 6.74. The van der Waals surface area contributed by atoms with Crippen LogP contribution in [0.2, 0.25) is 0 Å². The topological polar surface area (TPSA) is 109 Å². The molecule has 0 amide bonds. The zero-order valence-electron chi connectivity index (χ0n) is 10.1. The maximum atomic E-state index is 8.49. The molecule has 0 bridgehead atoms. The number of hydrogen-bond acceptors (Lipinski definition) is 5. The summed E-state index contributed by atoms with van der Waals surface area (Å²) < 4.78 is 41.7. The number of aromatic nitrogens is 1. The predicted octanol–water partition coefficient (Wildman–Crippen LogP) is -2.07. The lowest BCUT2D eigenvalue weighted by Crippen LogP contribution is -2.68. The van der Waals surface area contributed by atoms with E-state index in [9.17, 15) is 0 Å². The molecule has 0 aliphatic rings. The van der Waals surface area contributed by atoms with Crippen LogP contribution in [0.15, 0.2) is 65.3 Å². The van der Waals surface area contributed by atoms with E-state index in [1.165, 1.54) is 0 Å². The molecule has 3 rings (SSSR count). The van der Waals surface area contributed by atoms with Gasteiger partial charge in [-0.1, -0.05) is 30.3 Å². The smallest absolute Gasteiger partial charge is 0.379 e. The number of halogens is 1. The van der Waals surface area contributed by atoms with Crippen molar-refractivity contribution in [2.24, 2.45) is 0 Å². The van der Waals surface area contributed by atoms with Crippen LogP contribution >= 0.6 is 0 Å². The number of fused-ring (bicyclic) bond motifs is 1. The molecular weight excluding hydrogens is 286 g/mol. The van der Waals surface area contributed by atoms with E-state index in [0.717, 1.165) is 17.0 Å². The van der Waals surface area contributed by atoms with E-state index in [2.05, 4.69) is 0 Å². The van der Waals surface area contributed by atoms with Crippen LogP contribution in [0, 0.1) is 10.2 Å². The van der Waals surface area contributed by atoms with Crippen molar-refractivity contribution in [3.63, 3.8) is 0 Å². The molecular formula is C13H10ClNO5. The van der Waals surface area contributed by atoms with Crippen molar-refractivity contribution < 1.29 is 37.7 Å². The summed E-state index contributed by atoms with van der Waals surface area (Å²) in [4.78, 5) is 0. The summed E-state index contributed by atoms with van der Waals surface area (Å²) in [6.45, 7) is 0. The standard InChI is InChI=1S/C13H10NO.ClHO4/c1-2-6-11(7-3-1)12-10-14-9-5-4-8-13(14)15-12;2-1(3,4)5/h1-10H;(H,2,3,4,5)/q+1;/p-1. The second-order valence-electron chi connectivity index (χ2n) is 3.79. The van der Waals surface area contributed by atoms with Crippen LogP contribution in [0.5, 0.6) is 0 Å². The number of pyridine rings is 1. The lowest BCUT2D eigenvalue weighted by Gasteiger charge is -2.17. The Morgan fingerprint density at radius 3 is 2.05 bits per heavy atom. The minimum atomic E-state index is -4.94. The zero-order valence-corrected chi connectivity index (χ0v) is 10.9. The Kier molecular flexibility index (Phi) is 4.33. The third-order valence-corrected chi connectivity index (χ3v) is 2.38. The minimum absolute atomic E-state index is 0.858. The van der Waals surface area contributed by atoms with E-state index in [1.54, 1.807) is 0 Å². The molecule has 0 spiro atoms. The quantitative estimate of drug-likeness (QED) is 0.479. The van der Waals surface area contributed by atoms with Gasteiger partial charge in [-0.05, 0) is 6.07 Å². The molecule has 104 valence electrons. The molecule has 2 aromatic heterocycles. The monoisotopic (exact) mass is 295 g/mol. The van der Waals surface area contributed by atoms with Crippen LogP contribution in [0.1, 0.15) is 0 Å². The highest BCUT2D eigenvalue weighted by Gasteiger charge is 2.11. The van der Waals surface area contributed by atoms with Gasteiger partial charge >= 0.3 is 5.71 Å². The molecule has 0 unspecified atom stereocenters. The second kappa shape index (κ2) is 6.00. The minimum Gasteiger partial charge on any atom is -0.398 e. The SMILES string of the molecule is [O-][Cl+3]([O-])([O-])[O-].c1ccc(-c2c[n+]3ccccc3o2)cc1. The molecule has 0 N–H and O–H groups in total. The first-order valence-electron chi connectivity index (χ1n) is 5.50. The average molecular weight is 296 g/mol. The maximum absolute atomic E-state index is 8.49. The molecule has 20 heavy (non-hydrogen) atoms. The number of hydrogen-bond donors (Lipinski definition) is 0. The third-order valence-electron chi connectivity index (χ3n) is 2.38. The van der Waals surface area contributed by atoms with E-state index in [-0.39, 0.29) is 0 Å². The molecule has 0 radical (unpaired) electrons. The molecule has 7 heteroatoms. The highest BCUT2D eigenvalue weighted by atomic mass is 35.7. The van der Waals surface area contributed by atoms with Crippen molar-refractivity contribution in [2.45, 2.75) is 0 Å². The lowest BCUT2D eigenvalue weighted by atomic mass is 10.2. The van der Waals surface area contributed by atoms with E-state index < -0.39 is 10.2 Å². The van der Waals surface area contributed by atoms with Gasteiger partial charge in [0.25, 0.3) is 0 Å². The number of benzene rings is 1. The van der Waals surface area contributed by atoms with Gasteiger partial charge in [0.15, 0.2) is 6.20 Å². The van der Waals surface area contributed by atoms with Crippen molar-refractivity contribution >= 4 is 5.71 Å². The van der Waals surface area contributed by atoms with Gasteiger partial charge in [-0.15, -0.1) is 14.6 Å². The molecule has 0 fully saturated rings. The Labute approximate surface area is 116 Å². The highest BCUT2D eigenvalue weighted by Crippen LogP contribution is 2.18. The number of oxazole rings is 1. The van der Waals surface area contributed by atoms with Gasteiger partial charge in [-0.25, -0.2) is 18.6 Å².